The van der Waals surface area contributed by atoms with Crippen LogP contribution in [0, 0.1) is 0 Å². The average molecular weight is 245 g/mol. The Labute approximate surface area is 106 Å². The van der Waals surface area contributed by atoms with Crippen molar-refractivity contribution in [2.24, 2.45) is 5.84 Å². The predicted octanol–water partition coefficient (Wildman–Crippen LogP) is 1.95. The summed E-state index contributed by atoms with van der Waals surface area (Å²) in [5.74, 6) is 7.43. The fourth-order valence-electron chi connectivity index (χ4n) is 1.50. The van der Waals surface area contributed by atoms with Gasteiger partial charge in [0.15, 0.2) is 0 Å². The first-order valence-electron chi connectivity index (χ1n) is 5.50. The van der Waals surface area contributed by atoms with Crippen LogP contribution in [0.3, 0.4) is 0 Å². The van der Waals surface area contributed by atoms with Crippen molar-refractivity contribution in [2.45, 2.75) is 6.61 Å². The number of pyridine rings is 1. The maximum absolute atomic E-state index is 5.66. The largest absolute Gasteiger partial charge is 0.497 e. The summed E-state index contributed by atoms with van der Waals surface area (Å²) >= 11 is 0. The normalized spacial score (nSPS) is 9.89. The Morgan fingerprint density at radius 1 is 1.22 bits per heavy atom. The van der Waals surface area contributed by atoms with Crippen LogP contribution in [0.1, 0.15) is 5.56 Å². The summed E-state index contributed by atoms with van der Waals surface area (Å²) in [6.07, 6.45) is 1.68. The highest BCUT2D eigenvalue weighted by Gasteiger charge is 1.99. The summed E-state index contributed by atoms with van der Waals surface area (Å²) in [5.41, 5.74) is 3.48. The molecule has 0 atom stereocenters. The molecule has 0 spiro atoms. The van der Waals surface area contributed by atoms with Crippen LogP contribution >= 0.6 is 0 Å². The van der Waals surface area contributed by atoms with Crippen LogP contribution in [0.15, 0.2) is 42.6 Å². The first-order chi connectivity index (χ1) is 8.81. The van der Waals surface area contributed by atoms with Gasteiger partial charge in [0.25, 0.3) is 0 Å². The summed E-state index contributed by atoms with van der Waals surface area (Å²) in [7, 11) is 1.63. The molecule has 5 nitrogen and oxygen atoms in total. The van der Waals surface area contributed by atoms with Crippen LogP contribution in [-0.4, -0.2) is 12.1 Å². The number of nitrogens with one attached hydrogen (secondary N) is 1. The van der Waals surface area contributed by atoms with Gasteiger partial charge in [-0.15, -0.1) is 0 Å². The SMILES string of the molecule is COc1cccc(OCc2ccnc(NN)c2)c1. The molecule has 2 rings (SSSR count). The van der Waals surface area contributed by atoms with Gasteiger partial charge in [-0.3, -0.25) is 0 Å². The highest BCUT2D eigenvalue weighted by atomic mass is 16.5. The molecule has 0 saturated heterocycles. The number of methoxy groups -OCH3 is 1. The second kappa shape index (κ2) is 5.88. The van der Waals surface area contributed by atoms with Gasteiger partial charge in [0.2, 0.25) is 0 Å². The minimum atomic E-state index is 0.449. The molecule has 1 aromatic heterocycles. The number of hydrogen-bond donors (Lipinski definition) is 2. The summed E-state index contributed by atoms with van der Waals surface area (Å²) in [6, 6.07) is 11.2. The van der Waals surface area contributed by atoms with Crippen LogP contribution in [0.5, 0.6) is 11.5 Å². The average Bonchev–Trinajstić information content (AvgIpc) is 2.45. The fourth-order valence-corrected chi connectivity index (χ4v) is 1.50. The van der Waals surface area contributed by atoms with Gasteiger partial charge in [-0.1, -0.05) is 6.07 Å². The molecule has 1 heterocycles. The van der Waals surface area contributed by atoms with E-state index in [9.17, 15) is 0 Å². The van der Waals surface area contributed by atoms with E-state index in [-0.39, 0.29) is 0 Å². The van der Waals surface area contributed by atoms with Crippen LogP contribution in [0.4, 0.5) is 5.82 Å². The molecule has 0 radical (unpaired) electrons. The molecular weight excluding hydrogens is 230 g/mol. The molecule has 94 valence electrons. The second-order valence-corrected chi connectivity index (χ2v) is 3.66. The maximum Gasteiger partial charge on any atom is 0.140 e. The second-order valence-electron chi connectivity index (χ2n) is 3.66. The van der Waals surface area contributed by atoms with Gasteiger partial charge in [-0.25, -0.2) is 10.8 Å². The Kier molecular flexibility index (Phi) is 3.98. The molecule has 0 fully saturated rings. The van der Waals surface area contributed by atoms with E-state index in [1.807, 2.05) is 36.4 Å². The number of hydrazine groups is 1. The smallest absolute Gasteiger partial charge is 0.140 e. The lowest BCUT2D eigenvalue weighted by Gasteiger charge is -2.08. The van der Waals surface area contributed by atoms with Crippen molar-refractivity contribution in [3.05, 3.63) is 48.2 Å². The van der Waals surface area contributed by atoms with Crippen molar-refractivity contribution in [3.8, 4) is 11.5 Å². The number of anilines is 1. The lowest BCUT2D eigenvalue weighted by molar-refractivity contribution is 0.303. The van der Waals surface area contributed by atoms with E-state index >= 15 is 0 Å². The predicted molar refractivity (Wildman–Crippen MR) is 69.4 cm³/mol. The molecule has 3 N–H and O–H groups in total. The van der Waals surface area contributed by atoms with Crippen molar-refractivity contribution in [1.29, 1.82) is 0 Å². The molecule has 1 aromatic carbocycles. The third-order valence-electron chi connectivity index (χ3n) is 2.42. The Morgan fingerprint density at radius 3 is 2.83 bits per heavy atom. The highest BCUT2D eigenvalue weighted by molar-refractivity contribution is 5.36. The topological polar surface area (TPSA) is 69.4 Å². The van der Waals surface area contributed by atoms with Crippen molar-refractivity contribution < 1.29 is 9.47 Å². The van der Waals surface area contributed by atoms with Crippen molar-refractivity contribution in [2.75, 3.05) is 12.5 Å². The van der Waals surface area contributed by atoms with Gasteiger partial charge in [0.1, 0.15) is 23.9 Å². The number of aromatic nitrogens is 1. The zero-order valence-electron chi connectivity index (χ0n) is 10.1. The standard InChI is InChI=1S/C13H15N3O2/c1-17-11-3-2-4-12(8-11)18-9-10-5-6-15-13(7-10)16-14/h2-8H,9,14H2,1H3,(H,15,16). The van der Waals surface area contributed by atoms with E-state index in [1.165, 1.54) is 0 Å². The quantitative estimate of drug-likeness (QED) is 0.622. The summed E-state index contributed by atoms with van der Waals surface area (Å²) in [5, 5.41) is 0. The van der Waals surface area contributed by atoms with E-state index in [0.29, 0.717) is 12.4 Å². The minimum absolute atomic E-state index is 0.449. The van der Waals surface area contributed by atoms with Gasteiger partial charge in [-0.2, -0.15) is 0 Å². The molecular formula is C13H15N3O2. The number of nitrogen functional groups attached to an aromatic ring is 1. The molecule has 0 unspecified atom stereocenters. The molecule has 0 aliphatic carbocycles. The molecule has 18 heavy (non-hydrogen) atoms. The molecule has 0 amide bonds. The monoisotopic (exact) mass is 245 g/mol. The number of hydrogen-bond acceptors (Lipinski definition) is 5. The van der Waals surface area contributed by atoms with Crippen molar-refractivity contribution >= 4 is 5.82 Å². The van der Waals surface area contributed by atoms with Crippen LogP contribution in [0.2, 0.25) is 0 Å². The van der Waals surface area contributed by atoms with E-state index in [4.69, 9.17) is 15.3 Å². The highest BCUT2D eigenvalue weighted by Crippen LogP contribution is 2.20. The number of nitrogens with zero attached hydrogens (tertiary/aromatic N) is 1. The number of nitrogens with two attached hydrogens (primary N) is 1. The summed E-state index contributed by atoms with van der Waals surface area (Å²) < 4.78 is 10.8. The number of ether oxygens (including phenoxy) is 2. The zero-order valence-corrected chi connectivity index (χ0v) is 10.1. The Balaban J connectivity index is 2.01. The van der Waals surface area contributed by atoms with Gasteiger partial charge in [0.05, 0.1) is 7.11 Å². The van der Waals surface area contributed by atoms with Crippen LogP contribution in [0.25, 0.3) is 0 Å². The Bertz CT molecular complexity index is 470. The Morgan fingerprint density at radius 2 is 2.06 bits per heavy atom. The zero-order chi connectivity index (χ0) is 12.8. The van der Waals surface area contributed by atoms with E-state index in [2.05, 4.69) is 10.4 Å². The van der Waals surface area contributed by atoms with Gasteiger partial charge < -0.3 is 14.9 Å². The minimum Gasteiger partial charge on any atom is -0.497 e. The molecule has 2 aromatic rings. The number of rotatable bonds is 5. The third kappa shape index (κ3) is 3.11. The van der Waals surface area contributed by atoms with Crippen LogP contribution < -0.4 is 20.7 Å². The molecule has 0 saturated carbocycles. The molecule has 0 aliphatic heterocycles. The van der Waals surface area contributed by atoms with Gasteiger partial charge >= 0.3 is 0 Å². The van der Waals surface area contributed by atoms with E-state index < -0.39 is 0 Å². The van der Waals surface area contributed by atoms with Gasteiger partial charge in [-0.05, 0) is 29.8 Å². The maximum atomic E-state index is 5.66. The van der Waals surface area contributed by atoms with E-state index in [1.54, 1.807) is 13.3 Å². The molecule has 0 aliphatic rings. The van der Waals surface area contributed by atoms with Gasteiger partial charge in [0, 0.05) is 12.3 Å². The fraction of sp³-hybridized carbons (Fsp3) is 0.154. The molecule has 5 heteroatoms. The van der Waals surface area contributed by atoms with E-state index in [0.717, 1.165) is 17.1 Å². The Hall–Kier alpha value is -2.27. The third-order valence-corrected chi connectivity index (χ3v) is 2.42. The molecule has 0 bridgehead atoms. The summed E-state index contributed by atoms with van der Waals surface area (Å²) in [6.45, 7) is 0.449. The van der Waals surface area contributed by atoms with Crippen LogP contribution in [-0.2, 0) is 6.61 Å². The summed E-state index contributed by atoms with van der Waals surface area (Å²) in [4.78, 5) is 4.03. The van der Waals surface area contributed by atoms with Crippen molar-refractivity contribution in [1.82, 2.24) is 4.98 Å². The number of benzene rings is 1. The first kappa shape index (κ1) is 12.2. The van der Waals surface area contributed by atoms with Crippen molar-refractivity contribution in [3.63, 3.8) is 0 Å². The first-order valence-corrected chi connectivity index (χ1v) is 5.50. The lowest BCUT2D eigenvalue weighted by Crippen LogP contribution is -2.09. The lowest BCUT2D eigenvalue weighted by atomic mass is 10.3.